The van der Waals surface area contributed by atoms with Gasteiger partial charge in [-0.05, 0) is 26.1 Å². The van der Waals surface area contributed by atoms with E-state index in [9.17, 15) is 19.7 Å². The fourth-order valence-electron chi connectivity index (χ4n) is 1.48. The van der Waals surface area contributed by atoms with Crippen molar-refractivity contribution in [2.75, 3.05) is 18.9 Å². The van der Waals surface area contributed by atoms with Crippen LogP contribution in [0.15, 0.2) is 18.2 Å². The normalized spacial score (nSPS) is 11.5. The number of nitrogens with zero attached hydrogens (tertiary/aromatic N) is 2. The highest BCUT2D eigenvalue weighted by Crippen LogP contribution is 2.27. The molecule has 2 N–H and O–H groups in total. The van der Waals surface area contributed by atoms with Gasteiger partial charge < -0.3 is 10.4 Å². The number of carboxylic acids is 1. The highest BCUT2D eigenvalue weighted by atomic mass is 35.5. The Kier molecular flexibility index (Phi) is 7.78. The molecule has 1 unspecified atom stereocenters. The lowest BCUT2D eigenvalue weighted by molar-refractivity contribution is -0.384. The van der Waals surface area contributed by atoms with Crippen LogP contribution < -0.4 is 5.32 Å². The number of amides is 1. The molecule has 0 aliphatic rings. The summed E-state index contributed by atoms with van der Waals surface area (Å²) < 4.78 is 0. The Morgan fingerprint density at radius 2 is 2.09 bits per heavy atom. The Hall–Kier alpha value is -1.90. The fourth-order valence-corrected chi connectivity index (χ4v) is 1.67. The molecule has 0 aromatic heterocycles. The molecule has 1 atom stereocenters. The van der Waals surface area contributed by atoms with Gasteiger partial charge in [-0.3, -0.25) is 24.6 Å². The molecule has 8 nitrogen and oxygen atoms in total. The highest BCUT2D eigenvalue weighted by Gasteiger charge is 2.20. The van der Waals surface area contributed by atoms with Crippen LogP contribution in [-0.4, -0.2) is 46.4 Å². The summed E-state index contributed by atoms with van der Waals surface area (Å²) in [4.78, 5) is 34.0. The number of hydrogen-bond acceptors (Lipinski definition) is 5. The van der Waals surface area contributed by atoms with Crippen LogP contribution in [0.4, 0.5) is 11.4 Å². The van der Waals surface area contributed by atoms with Crippen LogP contribution in [-0.2, 0) is 9.59 Å². The van der Waals surface area contributed by atoms with Gasteiger partial charge in [0.05, 0.1) is 11.5 Å². The third kappa shape index (κ3) is 5.47. The van der Waals surface area contributed by atoms with Gasteiger partial charge in [-0.1, -0.05) is 11.6 Å². The largest absolute Gasteiger partial charge is 0.480 e. The zero-order chi connectivity index (χ0) is 16.2. The minimum atomic E-state index is -1.05. The van der Waals surface area contributed by atoms with Crippen molar-refractivity contribution in [2.24, 2.45) is 0 Å². The topological polar surface area (TPSA) is 113 Å². The molecule has 1 aromatic carbocycles. The first kappa shape index (κ1) is 20.1. The summed E-state index contributed by atoms with van der Waals surface area (Å²) in [5.74, 6) is -1.53. The molecule has 1 rings (SSSR count). The van der Waals surface area contributed by atoms with Crippen LogP contribution in [0.2, 0.25) is 5.02 Å². The van der Waals surface area contributed by atoms with E-state index in [0.717, 1.165) is 6.07 Å². The van der Waals surface area contributed by atoms with E-state index >= 15 is 0 Å². The lowest BCUT2D eigenvalue weighted by Crippen LogP contribution is -2.40. The van der Waals surface area contributed by atoms with Crippen LogP contribution in [0.25, 0.3) is 0 Å². The van der Waals surface area contributed by atoms with Crippen LogP contribution in [0.1, 0.15) is 6.92 Å². The number of aliphatic carboxylic acids is 1. The van der Waals surface area contributed by atoms with E-state index < -0.39 is 22.8 Å². The second-order valence-electron chi connectivity index (χ2n) is 4.40. The van der Waals surface area contributed by atoms with Gasteiger partial charge in [0.1, 0.15) is 11.1 Å². The maximum absolute atomic E-state index is 11.8. The number of carbonyl (C=O) groups is 2. The third-order valence-corrected chi connectivity index (χ3v) is 3.16. The first-order valence-electron chi connectivity index (χ1n) is 5.89. The van der Waals surface area contributed by atoms with Gasteiger partial charge in [0, 0.05) is 11.8 Å². The van der Waals surface area contributed by atoms with Crippen molar-refractivity contribution < 1.29 is 19.6 Å². The predicted octanol–water partition coefficient (Wildman–Crippen LogP) is 2.01. The molecule has 1 aromatic rings. The Balaban J connectivity index is 0.00000441. The highest BCUT2D eigenvalue weighted by molar-refractivity contribution is 6.32. The number of nitro groups is 1. The molecule has 0 aliphatic heterocycles. The Morgan fingerprint density at radius 3 is 2.59 bits per heavy atom. The second-order valence-corrected chi connectivity index (χ2v) is 4.81. The monoisotopic (exact) mass is 351 g/mol. The number of likely N-dealkylation sites (N-methyl/N-ethyl adjacent to an activating group) is 1. The number of carbonyl (C=O) groups excluding carboxylic acids is 1. The molecule has 0 saturated carbocycles. The SMILES string of the molecule is CC(C(=O)O)N(C)CC(=O)Nc1ccc(Cl)c([N+](=O)[O-])c1.Cl. The van der Waals surface area contributed by atoms with Crippen LogP contribution in [0, 0.1) is 10.1 Å². The third-order valence-electron chi connectivity index (χ3n) is 2.84. The number of benzene rings is 1. The minimum absolute atomic E-state index is 0. The number of nitro benzene ring substituents is 1. The maximum Gasteiger partial charge on any atom is 0.320 e. The standard InChI is InChI=1S/C12H14ClN3O5.ClH/c1-7(12(18)19)15(2)6-11(17)14-8-3-4-9(13)10(5-8)16(20)21;/h3-5,7H,6H2,1-2H3,(H,14,17)(H,18,19);1H. The summed E-state index contributed by atoms with van der Waals surface area (Å²) in [7, 11) is 1.49. The number of rotatable bonds is 6. The molecule has 122 valence electrons. The van der Waals surface area contributed by atoms with Crippen molar-refractivity contribution in [1.82, 2.24) is 4.90 Å². The molecule has 0 spiro atoms. The fraction of sp³-hybridized carbons (Fsp3) is 0.333. The zero-order valence-corrected chi connectivity index (χ0v) is 13.3. The van der Waals surface area contributed by atoms with Crippen molar-refractivity contribution in [3.8, 4) is 0 Å². The van der Waals surface area contributed by atoms with Crippen LogP contribution in [0.3, 0.4) is 0 Å². The van der Waals surface area contributed by atoms with E-state index in [2.05, 4.69) is 5.32 Å². The summed E-state index contributed by atoms with van der Waals surface area (Å²) in [6.45, 7) is 1.28. The molecule has 10 heteroatoms. The van der Waals surface area contributed by atoms with E-state index in [0.29, 0.717) is 0 Å². The van der Waals surface area contributed by atoms with E-state index in [1.807, 2.05) is 0 Å². The average molecular weight is 352 g/mol. The zero-order valence-electron chi connectivity index (χ0n) is 11.8. The molecule has 1 amide bonds. The maximum atomic E-state index is 11.8. The van der Waals surface area contributed by atoms with E-state index in [1.54, 1.807) is 0 Å². The van der Waals surface area contributed by atoms with Gasteiger partial charge in [0.15, 0.2) is 0 Å². The molecule has 0 radical (unpaired) electrons. The first-order chi connectivity index (χ1) is 9.72. The minimum Gasteiger partial charge on any atom is -0.480 e. The average Bonchev–Trinajstić information content (AvgIpc) is 2.39. The number of carboxylic acid groups (broad SMARTS) is 1. The molecular formula is C12H15Cl2N3O5. The number of halogens is 2. The summed E-state index contributed by atoms with van der Waals surface area (Å²) in [6, 6.07) is 3.04. The summed E-state index contributed by atoms with van der Waals surface area (Å²) in [5, 5.41) is 22.0. The lowest BCUT2D eigenvalue weighted by atomic mass is 10.2. The van der Waals surface area contributed by atoms with Crippen molar-refractivity contribution in [3.05, 3.63) is 33.3 Å². The molecule has 22 heavy (non-hydrogen) atoms. The van der Waals surface area contributed by atoms with Crippen LogP contribution >= 0.6 is 24.0 Å². The van der Waals surface area contributed by atoms with Gasteiger partial charge in [-0.15, -0.1) is 12.4 Å². The summed E-state index contributed by atoms with van der Waals surface area (Å²) in [6.07, 6.45) is 0. The lowest BCUT2D eigenvalue weighted by Gasteiger charge is -2.20. The van der Waals surface area contributed by atoms with E-state index in [1.165, 1.54) is 31.0 Å². The van der Waals surface area contributed by atoms with Gasteiger partial charge in [-0.2, -0.15) is 0 Å². The summed E-state index contributed by atoms with van der Waals surface area (Å²) >= 11 is 5.66. The Labute approximate surface area is 137 Å². The first-order valence-corrected chi connectivity index (χ1v) is 6.27. The van der Waals surface area contributed by atoms with Crippen LogP contribution in [0.5, 0.6) is 0 Å². The molecule has 0 fully saturated rings. The van der Waals surface area contributed by atoms with E-state index in [4.69, 9.17) is 16.7 Å². The van der Waals surface area contributed by atoms with Gasteiger partial charge >= 0.3 is 5.97 Å². The predicted molar refractivity (Wildman–Crippen MR) is 83.7 cm³/mol. The second kappa shape index (κ2) is 8.52. The van der Waals surface area contributed by atoms with Crippen molar-refractivity contribution in [3.63, 3.8) is 0 Å². The van der Waals surface area contributed by atoms with E-state index in [-0.39, 0.29) is 35.3 Å². The van der Waals surface area contributed by atoms with Gasteiger partial charge in [-0.25, -0.2) is 0 Å². The number of anilines is 1. The summed E-state index contributed by atoms with van der Waals surface area (Å²) in [5.41, 5.74) is -0.103. The number of hydrogen-bond donors (Lipinski definition) is 2. The quantitative estimate of drug-likeness (QED) is 0.598. The van der Waals surface area contributed by atoms with Crippen molar-refractivity contribution >= 4 is 47.3 Å². The van der Waals surface area contributed by atoms with Gasteiger partial charge in [0.2, 0.25) is 5.91 Å². The Morgan fingerprint density at radius 1 is 1.50 bits per heavy atom. The smallest absolute Gasteiger partial charge is 0.320 e. The molecule has 0 bridgehead atoms. The molecule has 0 saturated heterocycles. The molecule has 0 heterocycles. The van der Waals surface area contributed by atoms with Crippen molar-refractivity contribution in [2.45, 2.75) is 13.0 Å². The van der Waals surface area contributed by atoms with Crippen molar-refractivity contribution in [1.29, 1.82) is 0 Å². The Bertz CT molecular complexity index is 582. The van der Waals surface area contributed by atoms with Gasteiger partial charge in [0.25, 0.3) is 5.69 Å². The molecular weight excluding hydrogens is 337 g/mol. The number of nitrogens with one attached hydrogen (secondary N) is 1. The molecule has 0 aliphatic carbocycles.